The van der Waals surface area contributed by atoms with E-state index in [4.69, 9.17) is 0 Å². The van der Waals surface area contributed by atoms with E-state index in [0.717, 1.165) is 16.7 Å². The van der Waals surface area contributed by atoms with Crippen molar-refractivity contribution in [2.75, 3.05) is 13.1 Å². The number of nitrogens with one attached hydrogen (secondary N) is 1. The number of amides is 3. The van der Waals surface area contributed by atoms with Crippen molar-refractivity contribution in [3.05, 3.63) is 76.2 Å². The topological polar surface area (TPSA) is 66.5 Å². The molecular weight excluding hydrogens is 386 g/mol. The van der Waals surface area contributed by atoms with Crippen LogP contribution in [0.5, 0.6) is 0 Å². The quantitative estimate of drug-likeness (QED) is 0.753. The molecule has 0 spiro atoms. The maximum Gasteiger partial charge on any atom is 0.293 e. The van der Waals surface area contributed by atoms with Crippen LogP contribution in [0.4, 0.5) is 13.6 Å². The lowest BCUT2D eigenvalue weighted by Gasteiger charge is -2.13. The van der Waals surface area contributed by atoms with E-state index in [1.54, 1.807) is 6.07 Å². The first-order chi connectivity index (χ1) is 13.4. The fourth-order valence-electron chi connectivity index (χ4n) is 2.59. The predicted octanol–water partition coefficient (Wildman–Crippen LogP) is 3.36. The maximum absolute atomic E-state index is 13.6. The third-order valence-electron chi connectivity index (χ3n) is 4.01. The second kappa shape index (κ2) is 8.79. The molecule has 3 amide bonds. The zero-order chi connectivity index (χ0) is 20.1. The third-order valence-corrected chi connectivity index (χ3v) is 4.92. The van der Waals surface area contributed by atoms with Crippen LogP contribution in [0.15, 0.2) is 53.4 Å². The molecule has 5 nitrogen and oxygen atoms in total. The number of hydrogen-bond acceptors (Lipinski definition) is 4. The van der Waals surface area contributed by atoms with E-state index in [2.05, 4.69) is 5.32 Å². The van der Waals surface area contributed by atoms with Crippen molar-refractivity contribution in [2.45, 2.75) is 6.42 Å². The van der Waals surface area contributed by atoms with Crippen LogP contribution >= 0.6 is 11.8 Å². The molecule has 0 radical (unpaired) electrons. The van der Waals surface area contributed by atoms with E-state index < -0.39 is 28.7 Å². The molecule has 3 rings (SSSR count). The summed E-state index contributed by atoms with van der Waals surface area (Å²) >= 11 is 0.787. The number of hydrogen-bond donors (Lipinski definition) is 1. The van der Waals surface area contributed by atoms with E-state index in [0.29, 0.717) is 5.56 Å². The average molecular weight is 402 g/mol. The summed E-state index contributed by atoms with van der Waals surface area (Å²) in [4.78, 5) is 37.6. The molecule has 0 atom stereocenters. The summed E-state index contributed by atoms with van der Waals surface area (Å²) in [5.41, 5.74) is 0.874. The average Bonchev–Trinajstić information content (AvgIpc) is 2.93. The molecule has 0 bridgehead atoms. The van der Waals surface area contributed by atoms with E-state index >= 15 is 0 Å². The maximum atomic E-state index is 13.6. The second-order valence-corrected chi connectivity index (χ2v) is 7.00. The number of halogens is 2. The number of carbonyl (C=O) groups is 3. The Balaban J connectivity index is 1.54. The molecule has 1 N–H and O–H groups in total. The van der Waals surface area contributed by atoms with Gasteiger partial charge in [-0.3, -0.25) is 19.3 Å². The van der Waals surface area contributed by atoms with Crippen molar-refractivity contribution in [1.29, 1.82) is 0 Å². The number of carbonyl (C=O) groups excluding carboxylic acids is 3. The molecule has 1 aliphatic heterocycles. The minimum absolute atomic E-state index is 0.00837. The van der Waals surface area contributed by atoms with Crippen LogP contribution in [0.1, 0.15) is 11.1 Å². The highest BCUT2D eigenvalue weighted by atomic mass is 32.2. The fourth-order valence-corrected chi connectivity index (χ4v) is 3.45. The zero-order valence-electron chi connectivity index (χ0n) is 14.7. The number of thioether (sulfide) groups is 1. The minimum atomic E-state index is -0.470. The molecule has 8 heteroatoms. The molecular formula is C20H16F2N2O3S. The molecule has 2 aromatic carbocycles. The highest BCUT2D eigenvalue weighted by molar-refractivity contribution is 8.18. The number of benzene rings is 2. The van der Waals surface area contributed by atoms with Gasteiger partial charge in [-0.1, -0.05) is 30.3 Å². The van der Waals surface area contributed by atoms with Crippen molar-refractivity contribution in [3.8, 4) is 0 Å². The Bertz CT molecular complexity index is 945. The van der Waals surface area contributed by atoms with Gasteiger partial charge in [0.2, 0.25) is 5.91 Å². The summed E-state index contributed by atoms with van der Waals surface area (Å²) in [5, 5.41) is 2.13. The Hall–Kier alpha value is -3.00. The molecule has 0 aromatic heterocycles. The van der Waals surface area contributed by atoms with Crippen LogP contribution in [0.2, 0.25) is 0 Å². The molecule has 1 fully saturated rings. The lowest BCUT2D eigenvalue weighted by molar-refractivity contribution is -0.124. The highest BCUT2D eigenvalue weighted by Crippen LogP contribution is 2.31. The number of nitrogens with zero attached hydrogens (tertiary/aromatic N) is 1. The lowest BCUT2D eigenvalue weighted by Crippen LogP contribution is -2.37. The summed E-state index contributed by atoms with van der Waals surface area (Å²) in [6.45, 7) is 0.0730. The molecule has 1 aliphatic rings. The van der Waals surface area contributed by atoms with Crippen molar-refractivity contribution in [1.82, 2.24) is 10.2 Å². The molecule has 1 heterocycles. The Morgan fingerprint density at radius 2 is 1.79 bits per heavy atom. The first-order valence-corrected chi connectivity index (χ1v) is 9.27. The van der Waals surface area contributed by atoms with Crippen LogP contribution in [-0.2, 0) is 16.0 Å². The van der Waals surface area contributed by atoms with Crippen LogP contribution < -0.4 is 5.32 Å². The molecule has 28 heavy (non-hydrogen) atoms. The Morgan fingerprint density at radius 3 is 2.50 bits per heavy atom. The molecule has 0 saturated carbocycles. The monoisotopic (exact) mass is 402 g/mol. The van der Waals surface area contributed by atoms with Gasteiger partial charge in [0.15, 0.2) is 0 Å². The Labute approximate surface area is 164 Å². The van der Waals surface area contributed by atoms with Gasteiger partial charge < -0.3 is 5.32 Å². The molecule has 0 aliphatic carbocycles. The van der Waals surface area contributed by atoms with Crippen LogP contribution in [-0.4, -0.2) is 35.0 Å². The molecule has 2 aromatic rings. The van der Waals surface area contributed by atoms with Gasteiger partial charge in [-0.15, -0.1) is 0 Å². The van der Waals surface area contributed by atoms with Crippen molar-refractivity contribution in [3.63, 3.8) is 0 Å². The van der Waals surface area contributed by atoms with Gasteiger partial charge in [-0.2, -0.15) is 0 Å². The van der Waals surface area contributed by atoms with Crippen LogP contribution in [0, 0.1) is 11.6 Å². The normalized spacial score (nSPS) is 15.4. The van der Waals surface area contributed by atoms with E-state index in [1.165, 1.54) is 48.5 Å². The minimum Gasteiger partial charge on any atom is -0.354 e. The summed E-state index contributed by atoms with van der Waals surface area (Å²) in [6, 6.07) is 11.5. The SMILES string of the molecule is O=C(Cc1ccccc1F)NCCN1C(=O)S/C(=C\c2ccc(F)cc2)C1=O. The van der Waals surface area contributed by atoms with Gasteiger partial charge in [0.05, 0.1) is 11.3 Å². The summed E-state index contributed by atoms with van der Waals surface area (Å²) in [7, 11) is 0. The van der Waals surface area contributed by atoms with Crippen LogP contribution in [0.3, 0.4) is 0 Å². The third kappa shape index (κ3) is 4.83. The van der Waals surface area contributed by atoms with Gasteiger partial charge in [-0.05, 0) is 47.2 Å². The Kier molecular flexibility index (Phi) is 6.20. The zero-order valence-corrected chi connectivity index (χ0v) is 15.5. The van der Waals surface area contributed by atoms with Gasteiger partial charge in [0.25, 0.3) is 11.1 Å². The summed E-state index contributed by atoms with van der Waals surface area (Å²) in [5.74, 6) is -1.73. The van der Waals surface area contributed by atoms with Crippen molar-refractivity contribution in [2.24, 2.45) is 0 Å². The van der Waals surface area contributed by atoms with Gasteiger partial charge in [0, 0.05) is 13.1 Å². The first-order valence-electron chi connectivity index (χ1n) is 8.45. The standard InChI is InChI=1S/C20H16F2N2O3S/c21-15-7-5-13(6-8-15)11-17-19(26)24(20(27)28-17)10-9-23-18(25)12-14-3-1-2-4-16(14)22/h1-8,11H,9-10,12H2,(H,23,25)/b17-11-. The van der Waals surface area contributed by atoms with Crippen molar-refractivity contribution >= 4 is 34.9 Å². The van der Waals surface area contributed by atoms with Crippen molar-refractivity contribution < 1.29 is 23.2 Å². The van der Waals surface area contributed by atoms with Gasteiger partial charge in [-0.25, -0.2) is 8.78 Å². The molecule has 0 unspecified atom stereocenters. The largest absolute Gasteiger partial charge is 0.354 e. The highest BCUT2D eigenvalue weighted by Gasteiger charge is 2.34. The molecule has 144 valence electrons. The van der Waals surface area contributed by atoms with E-state index in [-0.39, 0.29) is 30.0 Å². The predicted molar refractivity (Wildman–Crippen MR) is 102 cm³/mol. The lowest BCUT2D eigenvalue weighted by atomic mass is 10.1. The van der Waals surface area contributed by atoms with E-state index in [9.17, 15) is 23.2 Å². The number of imide groups is 1. The Morgan fingerprint density at radius 1 is 1.07 bits per heavy atom. The smallest absolute Gasteiger partial charge is 0.293 e. The van der Waals surface area contributed by atoms with Gasteiger partial charge in [0.1, 0.15) is 11.6 Å². The fraction of sp³-hybridized carbons (Fsp3) is 0.150. The summed E-state index contributed by atoms with van der Waals surface area (Å²) in [6.07, 6.45) is 1.39. The number of rotatable bonds is 6. The summed E-state index contributed by atoms with van der Waals surface area (Å²) < 4.78 is 26.5. The molecule has 1 saturated heterocycles. The van der Waals surface area contributed by atoms with Crippen LogP contribution in [0.25, 0.3) is 6.08 Å². The first kappa shape index (κ1) is 19.8. The second-order valence-electron chi connectivity index (χ2n) is 6.00. The van der Waals surface area contributed by atoms with Gasteiger partial charge >= 0.3 is 0 Å². The van der Waals surface area contributed by atoms with E-state index in [1.807, 2.05) is 0 Å².